The van der Waals surface area contributed by atoms with Crippen molar-refractivity contribution in [2.24, 2.45) is 0 Å². The van der Waals surface area contributed by atoms with Crippen molar-refractivity contribution in [1.29, 1.82) is 0 Å². The maximum atomic E-state index is 13.2. The van der Waals surface area contributed by atoms with Crippen LogP contribution < -0.4 is 4.72 Å². The largest absolute Gasteiger partial charge is 0.339 e. The van der Waals surface area contributed by atoms with Crippen LogP contribution >= 0.6 is 11.8 Å². The molecular formula is C24H30N2O3S2. The van der Waals surface area contributed by atoms with Crippen LogP contribution in [-0.4, -0.2) is 38.6 Å². The van der Waals surface area contributed by atoms with Gasteiger partial charge in [-0.15, -0.1) is 11.8 Å². The lowest BCUT2D eigenvalue weighted by Gasteiger charge is -2.27. The number of nitrogens with zero attached hydrogens (tertiary/aromatic N) is 1. The van der Waals surface area contributed by atoms with Gasteiger partial charge in [-0.3, -0.25) is 4.79 Å². The predicted octanol–water partition coefficient (Wildman–Crippen LogP) is 4.56. The van der Waals surface area contributed by atoms with Gasteiger partial charge in [-0.1, -0.05) is 18.2 Å². The molecule has 1 N–H and O–H groups in total. The number of likely N-dealkylation sites (tertiary alicyclic amines) is 1. The highest BCUT2D eigenvalue weighted by Gasteiger charge is 2.25. The Balaban J connectivity index is 1.58. The molecule has 1 saturated heterocycles. The fraction of sp³-hybridized carbons (Fsp3) is 0.458. The Labute approximate surface area is 189 Å². The van der Waals surface area contributed by atoms with Gasteiger partial charge >= 0.3 is 0 Å². The molecule has 1 atom stereocenters. The van der Waals surface area contributed by atoms with Crippen LogP contribution in [0.1, 0.15) is 65.7 Å². The number of nitrogens with one attached hydrogen (secondary N) is 1. The summed E-state index contributed by atoms with van der Waals surface area (Å²) in [6.45, 7) is 3.33. The molecular weight excluding hydrogens is 428 g/mol. The van der Waals surface area contributed by atoms with Crippen molar-refractivity contribution < 1.29 is 13.2 Å². The van der Waals surface area contributed by atoms with Crippen molar-refractivity contribution in [3.63, 3.8) is 0 Å². The normalized spacial score (nSPS) is 17.4. The fourth-order valence-corrected chi connectivity index (χ4v) is 6.35. The minimum Gasteiger partial charge on any atom is -0.339 e. The minimum absolute atomic E-state index is 0.0761. The third-order valence-corrected chi connectivity index (χ3v) is 8.64. The number of carbonyl (C=O) groups is 1. The predicted molar refractivity (Wildman–Crippen MR) is 125 cm³/mol. The molecule has 2 aromatic carbocycles. The maximum Gasteiger partial charge on any atom is 0.255 e. The van der Waals surface area contributed by atoms with Gasteiger partial charge in [0, 0.05) is 24.0 Å². The monoisotopic (exact) mass is 458 g/mol. The summed E-state index contributed by atoms with van der Waals surface area (Å²) in [5.41, 5.74) is 4.13. The molecule has 7 heteroatoms. The van der Waals surface area contributed by atoms with Crippen molar-refractivity contribution >= 4 is 27.7 Å². The van der Waals surface area contributed by atoms with Gasteiger partial charge in [-0.2, -0.15) is 0 Å². The Bertz CT molecular complexity index is 1080. The fourth-order valence-electron chi connectivity index (χ4n) is 4.52. The highest BCUT2D eigenvalue weighted by atomic mass is 32.2. The van der Waals surface area contributed by atoms with E-state index in [0.717, 1.165) is 62.1 Å². The molecule has 1 aliphatic carbocycles. The molecule has 166 valence electrons. The van der Waals surface area contributed by atoms with Gasteiger partial charge in [0.2, 0.25) is 10.0 Å². The molecule has 2 aromatic rings. The number of benzene rings is 2. The van der Waals surface area contributed by atoms with Crippen LogP contribution in [0, 0.1) is 0 Å². The number of aryl methyl sites for hydroxylation is 2. The van der Waals surface area contributed by atoms with E-state index in [1.807, 2.05) is 24.1 Å². The Morgan fingerprint density at radius 1 is 1.00 bits per heavy atom. The van der Waals surface area contributed by atoms with E-state index in [1.54, 1.807) is 18.2 Å². The molecule has 0 bridgehead atoms. The van der Waals surface area contributed by atoms with Crippen molar-refractivity contribution in [2.75, 3.05) is 19.3 Å². The lowest BCUT2D eigenvalue weighted by molar-refractivity contribution is 0.0720. The lowest BCUT2D eigenvalue weighted by atomic mass is 10.0. The summed E-state index contributed by atoms with van der Waals surface area (Å²) in [6.07, 6.45) is 8.36. The molecule has 0 radical (unpaired) electrons. The van der Waals surface area contributed by atoms with Gasteiger partial charge in [0.15, 0.2) is 0 Å². The first kappa shape index (κ1) is 22.4. The number of piperidine rings is 1. The van der Waals surface area contributed by atoms with Crippen LogP contribution in [0.5, 0.6) is 0 Å². The summed E-state index contributed by atoms with van der Waals surface area (Å²) in [6, 6.07) is 10.8. The van der Waals surface area contributed by atoms with Crippen molar-refractivity contribution in [3.8, 4) is 0 Å². The van der Waals surface area contributed by atoms with E-state index >= 15 is 0 Å². The molecule has 1 heterocycles. The van der Waals surface area contributed by atoms with E-state index in [9.17, 15) is 13.2 Å². The Hall–Kier alpha value is -1.83. The molecule has 0 aromatic heterocycles. The standard InChI is InChI=1S/C24H30N2O3S2/c1-17(19-10-9-18-7-6-8-20(18)15-19)25-31(28,29)21-11-12-23(30-2)22(16-21)24(27)26-13-4-3-5-14-26/h9-12,15-17,25H,3-8,13-14H2,1-2H3/t17-/m1/s1. The van der Waals surface area contributed by atoms with Crippen LogP contribution in [0.25, 0.3) is 0 Å². The summed E-state index contributed by atoms with van der Waals surface area (Å²) in [7, 11) is -3.76. The summed E-state index contributed by atoms with van der Waals surface area (Å²) in [5, 5.41) is 0. The average Bonchev–Trinajstić information content (AvgIpc) is 3.26. The zero-order chi connectivity index (χ0) is 22.0. The van der Waals surface area contributed by atoms with E-state index < -0.39 is 10.0 Å². The first-order valence-corrected chi connectivity index (χ1v) is 13.7. The van der Waals surface area contributed by atoms with Crippen LogP contribution in [0.2, 0.25) is 0 Å². The van der Waals surface area contributed by atoms with Gasteiger partial charge in [-0.25, -0.2) is 13.1 Å². The van der Waals surface area contributed by atoms with Crippen molar-refractivity contribution in [1.82, 2.24) is 9.62 Å². The van der Waals surface area contributed by atoms with Crippen LogP contribution in [0.4, 0.5) is 0 Å². The second-order valence-electron chi connectivity index (χ2n) is 8.44. The number of hydrogen-bond acceptors (Lipinski definition) is 4. The summed E-state index contributed by atoms with van der Waals surface area (Å²) >= 11 is 1.47. The van der Waals surface area contributed by atoms with E-state index in [0.29, 0.717) is 5.56 Å². The lowest BCUT2D eigenvalue weighted by Crippen LogP contribution is -2.36. The first-order chi connectivity index (χ1) is 14.9. The molecule has 1 fully saturated rings. The van der Waals surface area contributed by atoms with E-state index in [2.05, 4.69) is 16.9 Å². The maximum absolute atomic E-state index is 13.2. The number of carbonyl (C=O) groups excluding carboxylic acids is 1. The second kappa shape index (κ2) is 9.35. The highest BCUT2D eigenvalue weighted by Crippen LogP contribution is 2.28. The number of sulfonamides is 1. The van der Waals surface area contributed by atoms with Crippen molar-refractivity contribution in [2.45, 2.75) is 61.3 Å². The first-order valence-electron chi connectivity index (χ1n) is 11.0. The van der Waals surface area contributed by atoms with Crippen LogP contribution in [-0.2, 0) is 22.9 Å². The third kappa shape index (κ3) is 4.83. The Morgan fingerprint density at radius 3 is 2.48 bits per heavy atom. The molecule has 0 saturated carbocycles. The van der Waals surface area contributed by atoms with Gasteiger partial charge < -0.3 is 4.90 Å². The zero-order valence-corrected chi connectivity index (χ0v) is 19.8. The van der Waals surface area contributed by atoms with Gasteiger partial charge in [-0.05, 0) is 86.6 Å². The SMILES string of the molecule is CSc1ccc(S(=O)(=O)N[C@H](C)c2ccc3c(c2)CCC3)cc1C(=O)N1CCCCC1. The number of amides is 1. The number of rotatable bonds is 6. The number of hydrogen-bond donors (Lipinski definition) is 1. The summed E-state index contributed by atoms with van der Waals surface area (Å²) in [5.74, 6) is -0.0761. The topological polar surface area (TPSA) is 66.5 Å². The zero-order valence-electron chi connectivity index (χ0n) is 18.2. The highest BCUT2D eigenvalue weighted by molar-refractivity contribution is 7.98. The molecule has 4 rings (SSSR count). The molecule has 2 aliphatic rings. The number of fused-ring (bicyclic) bond motifs is 1. The van der Waals surface area contributed by atoms with Gasteiger partial charge in [0.05, 0.1) is 10.5 Å². The van der Waals surface area contributed by atoms with E-state index in [1.165, 1.54) is 22.9 Å². The Morgan fingerprint density at radius 2 is 1.74 bits per heavy atom. The average molecular weight is 459 g/mol. The molecule has 1 amide bonds. The molecule has 1 aliphatic heterocycles. The molecule has 0 unspecified atom stereocenters. The Kier molecular flexibility index (Phi) is 6.74. The van der Waals surface area contributed by atoms with E-state index in [4.69, 9.17) is 0 Å². The minimum atomic E-state index is -3.76. The number of thioether (sulfide) groups is 1. The molecule has 5 nitrogen and oxygen atoms in total. The quantitative estimate of drug-likeness (QED) is 0.645. The van der Waals surface area contributed by atoms with Gasteiger partial charge in [0.25, 0.3) is 5.91 Å². The molecule has 31 heavy (non-hydrogen) atoms. The smallest absolute Gasteiger partial charge is 0.255 e. The van der Waals surface area contributed by atoms with Gasteiger partial charge in [0.1, 0.15) is 0 Å². The van der Waals surface area contributed by atoms with Crippen LogP contribution in [0.3, 0.4) is 0 Å². The third-order valence-electron chi connectivity index (χ3n) is 6.31. The van der Waals surface area contributed by atoms with Crippen LogP contribution in [0.15, 0.2) is 46.2 Å². The van der Waals surface area contributed by atoms with E-state index in [-0.39, 0.29) is 16.8 Å². The molecule has 0 spiro atoms. The second-order valence-corrected chi connectivity index (χ2v) is 11.0. The summed E-state index contributed by atoms with van der Waals surface area (Å²) in [4.78, 5) is 15.9. The van der Waals surface area contributed by atoms with Crippen molar-refractivity contribution in [3.05, 3.63) is 58.7 Å². The summed E-state index contributed by atoms with van der Waals surface area (Å²) < 4.78 is 29.1.